The second-order valence-electron chi connectivity index (χ2n) is 6.42. The molecule has 2 rings (SSSR count). The number of nitrogens with zero attached hydrogens (tertiary/aromatic N) is 1. The lowest BCUT2D eigenvalue weighted by Crippen LogP contribution is -2.29. The van der Waals surface area contributed by atoms with Crippen molar-refractivity contribution in [3.8, 4) is 11.5 Å². The van der Waals surface area contributed by atoms with Crippen LogP contribution in [0, 0.1) is 10.1 Å². The number of nitrogens with one attached hydrogen (secondary N) is 1. The highest BCUT2D eigenvalue weighted by molar-refractivity contribution is 8.13. The molecule has 0 heterocycles. The van der Waals surface area contributed by atoms with Gasteiger partial charge in [0.25, 0.3) is 5.69 Å². The second kappa shape index (κ2) is 12.6. The highest BCUT2D eigenvalue weighted by Crippen LogP contribution is 2.37. The van der Waals surface area contributed by atoms with E-state index in [2.05, 4.69) is 5.32 Å². The maximum atomic E-state index is 12.3. The minimum Gasteiger partial charge on any atom is -0.493 e. The van der Waals surface area contributed by atoms with Crippen molar-refractivity contribution < 1.29 is 24.0 Å². The van der Waals surface area contributed by atoms with E-state index in [1.165, 1.54) is 19.2 Å². The minimum atomic E-state index is -0.518. The van der Waals surface area contributed by atoms with Crippen LogP contribution < -0.4 is 20.5 Å². The molecule has 0 aliphatic heterocycles. The van der Waals surface area contributed by atoms with Crippen LogP contribution in [0.1, 0.15) is 28.8 Å². The van der Waals surface area contributed by atoms with E-state index in [1.54, 1.807) is 24.3 Å². The maximum absolute atomic E-state index is 12.3. The van der Waals surface area contributed by atoms with Gasteiger partial charge in [0.15, 0.2) is 11.5 Å². The molecule has 0 unspecified atom stereocenters. The summed E-state index contributed by atoms with van der Waals surface area (Å²) in [5.74, 6) is 0.505. The Kier molecular flexibility index (Phi) is 9.79. The minimum absolute atomic E-state index is 0.113. The molecule has 2 aromatic rings. The van der Waals surface area contributed by atoms with Gasteiger partial charge in [-0.3, -0.25) is 19.7 Å². The predicted molar refractivity (Wildman–Crippen MR) is 119 cm³/mol. The van der Waals surface area contributed by atoms with Crippen molar-refractivity contribution in [1.82, 2.24) is 5.32 Å². The topological polar surface area (TPSA) is 134 Å². The molecule has 3 N–H and O–H groups in total. The zero-order chi connectivity index (χ0) is 22.6. The average Bonchev–Trinajstić information content (AvgIpc) is 2.79. The van der Waals surface area contributed by atoms with Crippen molar-refractivity contribution in [3.63, 3.8) is 0 Å². The Morgan fingerprint density at radius 3 is 2.58 bits per heavy atom. The monoisotopic (exact) mass is 447 g/mol. The molecule has 0 fully saturated rings. The summed E-state index contributed by atoms with van der Waals surface area (Å²) in [4.78, 5) is 34.9. The Morgan fingerprint density at radius 2 is 1.94 bits per heavy atom. The molecule has 0 aromatic heterocycles. The smallest absolute Gasteiger partial charge is 0.277 e. The summed E-state index contributed by atoms with van der Waals surface area (Å²) in [6.07, 6.45) is 0.678. The zero-order valence-electron chi connectivity index (χ0n) is 17.2. The molecule has 0 spiro atoms. The van der Waals surface area contributed by atoms with E-state index in [0.717, 1.165) is 11.8 Å². The van der Waals surface area contributed by atoms with Crippen molar-refractivity contribution in [2.24, 2.45) is 5.73 Å². The Labute approximate surface area is 184 Å². The quantitative estimate of drug-likeness (QED) is 0.288. The first kappa shape index (κ1) is 24.2. The molecular formula is C21H25N3O6S. The van der Waals surface area contributed by atoms with E-state index in [0.29, 0.717) is 36.4 Å². The van der Waals surface area contributed by atoms with Crippen LogP contribution in [0.3, 0.4) is 0 Å². The highest BCUT2D eigenvalue weighted by Gasteiger charge is 2.21. The van der Waals surface area contributed by atoms with Crippen LogP contribution in [-0.4, -0.2) is 42.8 Å². The number of nitro benzene ring substituents is 1. The lowest BCUT2D eigenvalue weighted by Gasteiger charge is -2.13. The molecule has 0 saturated carbocycles. The molecule has 1 amide bonds. The van der Waals surface area contributed by atoms with E-state index in [1.807, 2.05) is 6.07 Å². The number of rotatable bonds is 12. The van der Waals surface area contributed by atoms with Gasteiger partial charge in [0, 0.05) is 36.4 Å². The van der Waals surface area contributed by atoms with Crippen LogP contribution >= 0.6 is 11.8 Å². The van der Waals surface area contributed by atoms with Gasteiger partial charge in [0.05, 0.1) is 24.7 Å². The lowest BCUT2D eigenvalue weighted by molar-refractivity contribution is -0.385. The molecule has 10 heteroatoms. The summed E-state index contributed by atoms with van der Waals surface area (Å²) in [7, 11) is 1.43. The summed E-state index contributed by atoms with van der Waals surface area (Å²) in [5.41, 5.74) is 6.04. The third kappa shape index (κ3) is 7.58. The number of nitrogens with two attached hydrogens (primary N) is 1. The van der Waals surface area contributed by atoms with Crippen LogP contribution in [0.25, 0.3) is 0 Å². The van der Waals surface area contributed by atoms with Gasteiger partial charge in [-0.05, 0) is 12.5 Å². The standard InChI is InChI=1S/C21H25N3O6S/c1-29-18-12-16(14-31-21(26)15-6-3-2-4-7-15)17(24(27)28)13-19(18)30-11-5-8-20(25)23-10-9-22/h2-4,6-7,12-13H,5,8-11,14,22H2,1H3,(H,23,25). The van der Waals surface area contributed by atoms with Gasteiger partial charge in [-0.1, -0.05) is 42.1 Å². The van der Waals surface area contributed by atoms with Gasteiger partial charge >= 0.3 is 0 Å². The summed E-state index contributed by atoms with van der Waals surface area (Å²) in [6.45, 7) is 0.959. The molecule has 0 aliphatic carbocycles. The first-order valence-corrected chi connectivity index (χ1v) is 10.6. The van der Waals surface area contributed by atoms with Crippen molar-refractivity contribution in [2.45, 2.75) is 18.6 Å². The molecule has 0 aliphatic rings. The Morgan fingerprint density at radius 1 is 1.19 bits per heavy atom. The number of methoxy groups -OCH3 is 1. The molecule has 0 bridgehead atoms. The first-order valence-electron chi connectivity index (χ1n) is 9.63. The van der Waals surface area contributed by atoms with Crippen molar-refractivity contribution in [3.05, 3.63) is 63.7 Å². The molecule has 166 valence electrons. The normalized spacial score (nSPS) is 10.4. The number of hydrogen-bond acceptors (Lipinski definition) is 8. The fourth-order valence-corrected chi connectivity index (χ4v) is 3.49. The summed E-state index contributed by atoms with van der Waals surface area (Å²) >= 11 is 0.977. The number of amides is 1. The number of nitro groups is 1. The molecular weight excluding hydrogens is 422 g/mol. The van der Waals surface area contributed by atoms with Crippen LogP contribution in [0.2, 0.25) is 0 Å². The van der Waals surface area contributed by atoms with Crippen molar-refractivity contribution >= 4 is 28.5 Å². The van der Waals surface area contributed by atoms with Gasteiger partial charge in [-0.2, -0.15) is 0 Å². The van der Waals surface area contributed by atoms with Gasteiger partial charge < -0.3 is 20.5 Å². The SMILES string of the molecule is COc1cc(CSC(=O)c2ccccc2)c([N+](=O)[O-])cc1OCCCC(=O)NCCN. The number of thioether (sulfide) groups is 1. The van der Waals surface area contributed by atoms with Gasteiger partial charge in [0.2, 0.25) is 11.0 Å². The van der Waals surface area contributed by atoms with Gasteiger partial charge in [-0.15, -0.1) is 0 Å². The maximum Gasteiger partial charge on any atom is 0.277 e. The number of carbonyl (C=O) groups excluding carboxylic acids is 2. The third-order valence-electron chi connectivity index (χ3n) is 4.20. The van der Waals surface area contributed by atoms with Crippen LogP contribution in [-0.2, 0) is 10.5 Å². The van der Waals surface area contributed by atoms with Gasteiger partial charge in [0.1, 0.15) is 0 Å². The third-order valence-corrected chi connectivity index (χ3v) is 5.16. The second-order valence-corrected chi connectivity index (χ2v) is 7.37. The highest BCUT2D eigenvalue weighted by atomic mass is 32.2. The van der Waals surface area contributed by atoms with E-state index in [9.17, 15) is 19.7 Å². The number of benzene rings is 2. The lowest BCUT2D eigenvalue weighted by atomic mass is 10.2. The number of hydrogen-bond donors (Lipinski definition) is 2. The molecule has 9 nitrogen and oxygen atoms in total. The largest absolute Gasteiger partial charge is 0.493 e. The Hall–Kier alpha value is -3.11. The van der Waals surface area contributed by atoms with Crippen LogP contribution in [0.4, 0.5) is 5.69 Å². The van der Waals surface area contributed by atoms with E-state index < -0.39 is 4.92 Å². The van der Waals surface area contributed by atoms with E-state index in [-0.39, 0.29) is 41.2 Å². The fraction of sp³-hybridized carbons (Fsp3) is 0.333. The van der Waals surface area contributed by atoms with Crippen LogP contribution in [0.15, 0.2) is 42.5 Å². The molecule has 0 atom stereocenters. The van der Waals surface area contributed by atoms with Gasteiger partial charge in [-0.25, -0.2) is 0 Å². The number of carbonyl (C=O) groups is 2. The van der Waals surface area contributed by atoms with E-state index >= 15 is 0 Å². The first-order chi connectivity index (χ1) is 15.0. The summed E-state index contributed by atoms with van der Waals surface area (Å²) in [6, 6.07) is 11.5. The number of ether oxygens (including phenoxy) is 2. The molecule has 0 saturated heterocycles. The molecule has 0 radical (unpaired) electrons. The fourth-order valence-electron chi connectivity index (χ4n) is 2.66. The van der Waals surface area contributed by atoms with Crippen molar-refractivity contribution in [1.29, 1.82) is 0 Å². The predicted octanol–water partition coefficient (Wildman–Crippen LogP) is 2.91. The Balaban J connectivity index is 2.05. The molecule has 31 heavy (non-hydrogen) atoms. The molecule has 2 aromatic carbocycles. The summed E-state index contributed by atoms with van der Waals surface area (Å²) < 4.78 is 10.9. The van der Waals surface area contributed by atoms with Crippen molar-refractivity contribution in [2.75, 3.05) is 26.8 Å². The van der Waals surface area contributed by atoms with E-state index in [4.69, 9.17) is 15.2 Å². The average molecular weight is 448 g/mol. The Bertz CT molecular complexity index is 907. The van der Waals surface area contributed by atoms with Crippen LogP contribution in [0.5, 0.6) is 11.5 Å². The summed E-state index contributed by atoms with van der Waals surface area (Å²) in [5, 5.41) is 14.0. The zero-order valence-corrected chi connectivity index (χ0v) is 18.0.